The third-order valence-electron chi connectivity index (χ3n) is 3.96. The zero-order valence-electron chi connectivity index (χ0n) is 14.7. The predicted molar refractivity (Wildman–Crippen MR) is 98.0 cm³/mol. The van der Waals surface area contributed by atoms with Crippen molar-refractivity contribution in [3.63, 3.8) is 0 Å². The molecule has 124 valence electrons. The van der Waals surface area contributed by atoms with E-state index in [0.29, 0.717) is 17.8 Å². The first-order valence-corrected chi connectivity index (χ1v) is 8.80. The quantitative estimate of drug-likeness (QED) is 0.489. The average molecular weight is 343 g/mol. The molecule has 0 aliphatic carbocycles. The molecule has 1 aromatic carbocycles. The van der Waals surface area contributed by atoms with Gasteiger partial charge < -0.3 is 4.74 Å². The summed E-state index contributed by atoms with van der Waals surface area (Å²) in [5, 5.41) is 0.228. The topological polar surface area (TPSA) is 9.23 Å². The highest BCUT2D eigenvalue weighted by atomic mass is 35.5. The molecule has 0 bridgehead atoms. The van der Waals surface area contributed by atoms with Gasteiger partial charge in [0.2, 0.25) is 0 Å². The molecule has 0 unspecified atom stereocenters. The van der Waals surface area contributed by atoms with Gasteiger partial charge in [-0.3, -0.25) is 0 Å². The summed E-state index contributed by atoms with van der Waals surface area (Å²) in [4.78, 5) is 0. The summed E-state index contributed by atoms with van der Waals surface area (Å²) in [6.45, 7) is 15.4. The van der Waals surface area contributed by atoms with Crippen LogP contribution in [-0.2, 0) is 4.74 Å². The largest absolute Gasteiger partial charge is 0.474 e. The fourth-order valence-corrected chi connectivity index (χ4v) is 2.92. The van der Waals surface area contributed by atoms with Crippen LogP contribution in [0.25, 0.3) is 0 Å². The first-order chi connectivity index (χ1) is 10.2. The van der Waals surface area contributed by atoms with Crippen LogP contribution in [0.4, 0.5) is 0 Å². The Morgan fingerprint density at radius 3 is 1.68 bits per heavy atom. The van der Waals surface area contributed by atoms with Gasteiger partial charge >= 0.3 is 0 Å². The molecule has 0 saturated carbocycles. The summed E-state index contributed by atoms with van der Waals surface area (Å²) in [7, 11) is 0. The van der Waals surface area contributed by atoms with Crippen molar-refractivity contribution >= 4 is 23.2 Å². The molecule has 0 aliphatic rings. The molecule has 1 atom stereocenters. The van der Waals surface area contributed by atoms with Gasteiger partial charge in [-0.05, 0) is 58.5 Å². The number of hydrogen-bond acceptors (Lipinski definition) is 1. The van der Waals surface area contributed by atoms with Crippen molar-refractivity contribution in [2.45, 2.75) is 72.3 Å². The standard InChI is InChI=1S/C19H28Cl2O/c1-11(2)15-8-16(12(3)4)19(17(9-15)13(5)6)14(7)22-18(21)10-20/h8-14H,1-7H3/b18-10-/t14-/m0/s1. The molecule has 0 amide bonds. The first-order valence-electron chi connectivity index (χ1n) is 7.99. The molecule has 1 aromatic rings. The third-order valence-corrected chi connectivity index (χ3v) is 4.47. The summed E-state index contributed by atoms with van der Waals surface area (Å²) in [6.07, 6.45) is -0.126. The normalized spacial score (nSPS) is 14.1. The Hall–Kier alpha value is -0.660. The molecule has 0 saturated heterocycles. The van der Waals surface area contributed by atoms with E-state index in [4.69, 9.17) is 27.9 Å². The van der Waals surface area contributed by atoms with E-state index >= 15 is 0 Å². The van der Waals surface area contributed by atoms with Crippen LogP contribution in [0.3, 0.4) is 0 Å². The van der Waals surface area contributed by atoms with Gasteiger partial charge in [-0.25, -0.2) is 0 Å². The fourth-order valence-electron chi connectivity index (χ4n) is 2.73. The Morgan fingerprint density at radius 1 is 0.909 bits per heavy atom. The van der Waals surface area contributed by atoms with Gasteiger partial charge in [-0.15, -0.1) is 0 Å². The van der Waals surface area contributed by atoms with Crippen molar-refractivity contribution in [1.29, 1.82) is 0 Å². The molecular formula is C19H28Cl2O. The lowest BCUT2D eigenvalue weighted by atomic mass is 9.82. The molecule has 0 spiro atoms. The monoisotopic (exact) mass is 342 g/mol. The number of benzene rings is 1. The van der Waals surface area contributed by atoms with E-state index in [1.165, 1.54) is 27.8 Å². The molecule has 22 heavy (non-hydrogen) atoms. The number of rotatable bonds is 6. The van der Waals surface area contributed by atoms with Crippen LogP contribution in [0, 0.1) is 0 Å². The minimum atomic E-state index is -0.126. The maximum Gasteiger partial charge on any atom is 0.199 e. The summed E-state index contributed by atoms with van der Waals surface area (Å²) in [5.74, 6) is 1.36. The first kappa shape index (κ1) is 19.4. The van der Waals surface area contributed by atoms with Crippen LogP contribution < -0.4 is 0 Å². The van der Waals surface area contributed by atoms with Crippen LogP contribution in [0.2, 0.25) is 0 Å². The Bertz CT molecular complexity index is 501. The van der Waals surface area contributed by atoms with Crippen molar-refractivity contribution in [2.24, 2.45) is 0 Å². The Morgan fingerprint density at radius 2 is 1.36 bits per heavy atom. The Labute approximate surface area is 145 Å². The van der Waals surface area contributed by atoms with E-state index in [0.717, 1.165) is 0 Å². The van der Waals surface area contributed by atoms with Gasteiger partial charge in [0.05, 0.1) is 5.54 Å². The lowest BCUT2D eigenvalue weighted by Gasteiger charge is -2.26. The van der Waals surface area contributed by atoms with Gasteiger partial charge in [-0.2, -0.15) is 0 Å². The smallest absolute Gasteiger partial charge is 0.199 e. The molecule has 0 N–H and O–H groups in total. The van der Waals surface area contributed by atoms with E-state index in [2.05, 4.69) is 53.7 Å². The number of hydrogen-bond donors (Lipinski definition) is 0. The molecule has 1 nitrogen and oxygen atoms in total. The lowest BCUT2D eigenvalue weighted by Crippen LogP contribution is -2.11. The molecule has 0 fully saturated rings. The Balaban J connectivity index is 3.50. The highest BCUT2D eigenvalue weighted by Crippen LogP contribution is 2.37. The van der Waals surface area contributed by atoms with E-state index in [-0.39, 0.29) is 11.3 Å². The van der Waals surface area contributed by atoms with Crippen molar-refractivity contribution in [1.82, 2.24) is 0 Å². The van der Waals surface area contributed by atoms with Gasteiger partial charge in [0, 0.05) is 0 Å². The molecular weight excluding hydrogens is 315 g/mol. The summed E-state index contributed by atoms with van der Waals surface area (Å²) >= 11 is 11.6. The zero-order chi connectivity index (χ0) is 17.0. The fraction of sp³-hybridized carbons (Fsp3) is 0.579. The summed E-state index contributed by atoms with van der Waals surface area (Å²) in [5.41, 5.74) is 6.56. The van der Waals surface area contributed by atoms with Crippen molar-refractivity contribution in [2.75, 3.05) is 0 Å². The molecule has 3 heteroatoms. The van der Waals surface area contributed by atoms with E-state index in [9.17, 15) is 0 Å². The molecule has 0 aromatic heterocycles. The second-order valence-electron chi connectivity index (χ2n) is 6.75. The van der Waals surface area contributed by atoms with Gasteiger partial charge in [0.15, 0.2) is 5.22 Å². The molecule has 1 rings (SSSR count). The van der Waals surface area contributed by atoms with Crippen LogP contribution in [0.1, 0.15) is 94.6 Å². The van der Waals surface area contributed by atoms with Gasteiger partial charge in [0.25, 0.3) is 0 Å². The molecule has 0 aliphatic heterocycles. The van der Waals surface area contributed by atoms with Crippen LogP contribution in [0.5, 0.6) is 0 Å². The third kappa shape index (κ3) is 4.67. The molecule has 0 heterocycles. The zero-order valence-corrected chi connectivity index (χ0v) is 16.2. The second-order valence-corrected chi connectivity index (χ2v) is 7.34. The lowest BCUT2D eigenvalue weighted by molar-refractivity contribution is 0.151. The van der Waals surface area contributed by atoms with Crippen LogP contribution >= 0.6 is 23.2 Å². The maximum atomic E-state index is 5.96. The van der Waals surface area contributed by atoms with E-state index < -0.39 is 0 Å². The minimum absolute atomic E-state index is 0.126. The van der Waals surface area contributed by atoms with E-state index in [1.807, 2.05) is 6.92 Å². The highest BCUT2D eigenvalue weighted by Gasteiger charge is 2.22. The second kappa shape index (κ2) is 8.26. The Kier molecular flexibility index (Phi) is 7.28. The van der Waals surface area contributed by atoms with Gasteiger partial charge in [0.1, 0.15) is 6.10 Å². The van der Waals surface area contributed by atoms with Crippen molar-refractivity contribution < 1.29 is 4.74 Å². The van der Waals surface area contributed by atoms with Crippen molar-refractivity contribution in [3.8, 4) is 0 Å². The molecule has 0 radical (unpaired) electrons. The number of ether oxygens (including phenoxy) is 1. The number of halogens is 2. The van der Waals surface area contributed by atoms with E-state index in [1.54, 1.807) is 0 Å². The highest BCUT2D eigenvalue weighted by molar-refractivity contribution is 6.35. The van der Waals surface area contributed by atoms with Gasteiger partial charge in [-0.1, -0.05) is 65.3 Å². The van der Waals surface area contributed by atoms with Crippen molar-refractivity contribution in [3.05, 3.63) is 45.1 Å². The summed E-state index contributed by atoms with van der Waals surface area (Å²) < 4.78 is 5.76. The maximum absolute atomic E-state index is 5.96. The van der Waals surface area contributed by atoms with Crippen LogP contribution in [-0.4, -0.2) is 0 Å². The van der Waals surface area contributed by atoms with Crippen LogP contribution in [0.15, 0.2) is 22.9 Å². The SMILES string of the molecule is CC(C)c1cc(C(C)C)c([C@H](C)O/C(Cl)=C\Cl)c(C(C)C)c1. The summed E-state index contributed by atoms with van der Waals surface area (Å²) in [6, 6.07) is 4.63. The minimum Gasteiger partial charge on any atom is -0.474 e. The average Bonchev–Trinajstić information content (AvgIpc) is 2.44. The predicted octanol–water partition coefficient (Wildman–Crippen LogP) is 7.41.